The van der Waals surface area contributed by atoms with Crippen molar-refractivity contribution in [3.63, 3.8) is 0 Å². The Labute approximate surface area is 136 Å². The molecule has 2 amide bonds. The number of carbonyl (C=O) groups excluding carboxylic acids is 2. The number of carbonyl (C=O) groups is 2. The topological polar surface area (TPSA) is 79.5 Å². The Hall–Kier alpha value is -1.92. The van der Waals surface area contributed by atoms with Crippen LogP contribution in [0.15, 0.2) is 4.52 Å². The molecule has 3 rings (SSSR count). The highest BCUT2D eigenvalue weighted by Gasteiger charge is 2.26. The second kappa shape index (κ2) is 7.10. The van der Waals surface area contributed by atoms with Gasteiger partial charge in [-0.2, -0.15) is 4.98 Å². The maximum Gasteiger partial charge on any atom is 0.229 e. The number of hydrogen-bond acceptors (Lipinski definition) is 5. The molecule has 0 radical (unpaired) electrons. The molecule has 1 aromatic rings. The Morgan fingerprint density at radius 1 is 1.39 bits per heavy atom. The molecule has 0 atom stereocenters. The van der Waals surface area contributed by atoms with E-state index in [-0.39, 0.29) is 11.8 Å². The Kier molecular flexibility index (Phi) is 4.93. The number of nitrogens with zero attached hydrogens (tertiary/aromatic N) is 4. The summed E-state index contributed by atoms with van der Waals surface area (Å²) < 4.78 is 5.27. The van der Waals surface area contributed by atoms with Gasteiger partial charge >= 0.3 is 0 Å². The molecule has 7 heteroatoms. The van der Waals surface area contributed by atoms with E-state index in [0.29, 0.717) is 50.0 Å². The maximum absolute atomic E-state index is 12.1. The number of amides is 2. The van der Waals surface area contributed by atoms with Crippen LogP contribution in [0.5, 0.6) is 0 Å². The molecule has 23 heavy (non-hydrogen) atoms. The van der Waals surface area contributed by atoms with Crippen molar-refractivity contribution < 1.29 is 14.1 Å². The number of rotatable bonds is 7. The van der Waals surface area contributed by atoms with Gasteiger partial charge in [-0.1, -0.05) is 11.6 Å². The van der Waals surface area contributed by atoms with E-state index in [9.17, 15) is 9.59 Å². The Morgan fingerprint density at radius 2 is 2.22 bits per heavy atom. The van der Waals surface area contributed by atoms with Gasteiger partial charge in [0.15, 0.2) is 5.82 Å². The van der Waals surface area contributed by atoms with Crippen LogP contribution in [0.25, 0.3) is 0 Å². The largest absolute Gasteiger partial charge is 0.343 e. The molecule has 0 N–H and O–H groups in total. The van der Waals surface area contributed by atoms with Gasteiger partial charge < -0.3 is 14.3 Å². The first kappa shape index (κ1) is 16.0. The quantitative estimate of drug-likeness (QED) is 0.764. The second-order valence-electron chi connectivity index (χ2n) is 6.51. The van der Waals surface area contributed by atoms with Crippen molar-refractivity contribution >= 4 is 11.8 Å². The van der Waals surface area contributed by atoms with Crippen molar-refractivity contribution in [2.24, 2.45) is 0 Å². The van der Waals surface area contributed by atoms with Crippen molar-refractivity contribution in [2.45, 2.75) is 57.4 Å². The SMILES string of the molecule is CN(Cc1noc(C2CCC2)n1)C(=O)CCCN1CCCC1=O. The molecule has 1 aromatic heterocycles. The lowest BCUT2D eigenvalue weighted by Gasteiger charge is -2.20. The molecule has 1 aliphatic carbocycles. The highest BCUT2D eigenvalue weighted by molar-refractivity contribution is 5.78. The number of aromatic nitrogens is 2. The highest BCUT2D eigenvalue weighted by Crippen LogP contribution is 2.35. The molecule has 0 spiro atoms. The zero-order valence-electron chi connectivity index (χ0n) is 13.7. The van der Waals surface area contributed by atoms with Crippen LogP contribution in [0.1, 0.15) is 62.6 Å². The smallest absolute Gasteiger partial charge is 0.229 e. The Bertz CT molecular complexity index is 567. The molecule has 2 heterocycles. The monoisotopic (exact) mass is 320 g/mol. The summed E-state index contributed by atoms with van der Waals surface area (Å²) in [6.45, 7) is 1.87. The van der Waals surface area contributed by atoms with E-state index in [1.807, 2.05) is 4.90 Å². The Morgan fingerprint density at radius 3 is 2.87 bits per heavy atom. The molecule has 1 saturated heterocycles. The zero-order valence-corrected chi connectivity index (χ0v) is 13.7. The number of hydrogen-bond donors (Lipinski definition) is 0. The first-order chi connectivity index (χ1) is 11.1. The lowest BCUT2D eigenvalue weighted by molar-refractivity contribution is -0.132. The molecule has 0 unspecified atom stereocenters. The summed E-state index contributed by atoms with van der Waals surface area (Å²) >= 11 is 0. The zero-order chi connectivity index (χ0) is 16.2. The van der Waals surface area contributed by atoms with Gasteiger partial charge in [0.05, 0.1) is 6.54 Å². The Balaban J connectivity index is 1.40. The van der Waals surface area contributed by atoms with E-state index in [0.717, 1.165) is 25.8 Å². The fraction of sp³-hybridized carbons (Fsp3) is 0.750. The van der Waals surface area contributed by atoms with Gasteiger partial charge in [-0.3, -0.25) is 9.59 Å². The van der Waals surface area contributed by atoms with Crippen LogP contribution in [0.3, 0.4) is 0 Å². The van der Waals surface area contributed by atoms with Gasteiger partial charge in [0.2, 0.25) is 17.7 Å². The van der Waals surface area contributed by atoms with Crippen LogP contribution in [-0.2, 0) is 16.1 Å². The van der Waals surface area contributed by atoms with Crippen LogP contribution in [0.4, 0.5) is 0 Å². The van der Waals surface area contributed by atoms with Crippen molar-refractivity contribution in [1.82, 2.24) is 19.9 Å². The van der Waals surface area contributed by atoms with Gasteiger partial charge in [0.1, 0.15) is 0 Å². The minimum Gasteiger partial charge on any atom is -0.343 e. The summed E-state index contributed by atoms with van der Waals surface area (Å²) in [6.07, 6.45) is 6.18. The van der Waals surface area contributed by atoms with Gasteiger partial charge in [0, 0.05) is 38.9 Å². The predicted molar refractivity (Wildman–Crippen MR) is 82.4 cm³/mol. The molecular weight excluding hydrogens is 296 g/mol. The van der Waals surface area contributed by atoms with E-state index in [2.05, 4.69) is 10.1 Å². The molecule has 0 aromatic carbocycles. The third kappa shape index (κ3) is 3.89. The third-order valence-electron chi connectivity index (χ3n) is 4.73. The fourth-order valence-corrected chi connectivity index (χ4v) is 3.01. The fourth-order valence-electron chi connectivity index (χ4n) is 3.01. The molecule has 1 aliphatic heterocycles. The van der Waals surface area contributed by atoms with E-state index < -0.39 is 0 Å². The summed E-state index contributed by atoms with van der Waals surface area (Å²) in [6, 6.07) is 0. The normalized spacial score (nSPS) is 18.3. The summed E-state index contributed by atoms with van der Waals surface area (Å²) in [7, 11) is 1.75. The predicted octanol–water partition coefficient (Wildman–Crippen LogP) is 1.70. The van der Waals surface area contributed by atoms with E-state index >= 15 is 0 Å². The van der Waals surface area contributed by atoms with Crippen molar-refractivity contribution in [1.29, 1.82) is 0 Å². The lowest BCUT2D eigenvalue weighted by atomic mass is 9.85. The van der Waals surface area contributed by atoms with Gasteiger partial charge in [-0.15, -0.1) is 0 Å². The van der Waals surface area contributed by atoms with Gasteiger partial charge in [0.25, 0.3) is 0 Å². The average Bonchev–Trinajstić information content (AvgIpc) is 3.07. The summed E-state index contributed by atoms with van der Waals surface area (Å²) in [5.74, 6) is 1.94. The molecule has 2 aliphatic rings. The minimum atomic E-state index is 0.0478. The van der Waals surface area contributed by atoms with Crippen molar-refractivity contribution in [3.05, 3.63) is 11.7 Å². The van der Waals surface area contributed by atoms with Crippen LogP contribution >= 0.6 is 0 Å². The minimum absolute atomic E-state index is 0.0478. The average molecular weight is 320 g/mol. The summed E-state index contributed by atoms with van der Waals surface area (Å²) in [5, 5.41) is 3.96. The molecule has 126 valence electrons. The standard InChI is InChI=1S/C16H24N4O3/c1-19(11-13-17-16(23-18-13)12-5-2-6-12)14(21)7-3-9-20-10-4-8-15(20)22/h12H,2-11H2,1H3. The van der Waals surface area contributed by atoms with Crippen LogP contribution in [0.2, 0.25) is 0 Å². The third-order valence-corrected chi connectivity index (χ3v) is 4.73. The van der Waals surface area contributed by atoms with Crippen LogP contribution in [-0.4, -0.2) is 51.9 Å². The summed E-state index contributed by atoms with van der Waals surface area (Å²) in [4.78, 5) is 31.5. The maximum atomic E-state index is 12.1. The van der Waals surface area contributed by atoms with Crippen molar-refractivity contribution in [2.75, 3.05) is 20.1 Å². The molecule has 1 saturated carbocycles. The van der Waals surface area contributed by atoms with Crippen LogP contribution in [0, 0.1) is 0 Å². The molecular formula is C16H24N4O3. The van der Waals surface area contributed by atoms with Gasteiger partial charge in [-0.25, -0.2) is 0 Å². The van der Waals surface area contributed by atoms with E-state index in [1.165, 1.54) is 6.42 Å². The van der Waals surface area contributed by atoms with E-state index in [4.69, 9.17) is 4.52 Å². The van der Waals surface area contributed by atoms with Gasteiger partial charge in [-0.05, 0) is 25.7 Å². The highest BCUT2D eigenvalue weighted by atomic mass is 16.5. The molecule has 0 bridgehead atoms. The van der Waals surface area contributed by atoms with Crippen LogP contribution < -0.4 is 0 Å². The molecule has 2 fully saturated rings. The number of likely N-dealkylation sites (tertiary alicyclic amines) is 1. The summed E-state index contributed by atoms with van der Waals surface area (Å²) in [5.41, 5.74) is 0. The lowest BCUT2D eigenvalue weighted by Crippen LogP contribution is -2.29. The van der Waals surface area contributed by atoms with Crippen molar-refractivity contribution in [3.8, 4) is 0 Å². The van der Waals surface area contributed by atoms with E-state index in [1.54, 1.807) is 11.9 Å². The first-order valence-electron chi connectivity index (χ1n) is 8.47. The molecule has 7 nitrogen and oxygen atoms in total. The second-order valence-corrected chi connectivity index (χ2v) is 6.51. The first-order valence-corrected chi connectivity index (χ1v) is 8.47.